The first-order chi connectivity index (χ1) is 19.8. The van der Waals surface area contributed by atoms with Crippen LogP contribution in [0.2, 0.25) is 0 Å². The quantitative estimate of drug-likeness (QED) is 0.281. The maximum atomic E-state index is 13.2. The van der Waals surface area contributed by atoms with Crippen LogP contribution in [0.25, 0.3) is 11.3 Å². The lowest BCUT2D eigenvalue weighted by Crippen LogP contribution is -2.39. The van der Waals surface area contributed by atoms with Crippen LogP contribution in [0.15, 0.2) is 42.7 Å². The predicted molar refractivity (Wildman–Crippen MR) is 161 cm³/mol. The summed E-state index contributed by atoms with van der Waals surface area (Å²) in [5, 5.41) is 10.3. The molecule has 226 valence electrons. The van der Waals surface area contributed by atoms with Gasteiger partial charge in [0.15, 0.2) is 17.6 Å². The van der Waals surface area contributed by atoms with Crippen LogP contribution in [-0.2, 0) is 16.0 Å². The molecule has 9 heteroatoms. The highest BCUT2D eigenvalue weighted by Gasteiger charge is 2.36. The van der Waals surface area contributed by atoms with E-state index < -0.39 is 17.7 Å². The molecule has 8 nitrogen and oxygen atoms in total. The number of hydrogen-bond donors (Lipinski definition) is 1. The van der Waals surface area contributed by atoms with Gasteiger partial charge in [-0.25, -0.2) is 9.18 Å². The highest BCUT2D eigenvalue weighted by molar-refractivity contribution is 5.85. The average Bonchev–Trinajstić information content (AvgIpc) is 2.92. The second-order valence-corrected chi connectivity index (χ2v) is 12.6. The second kappa shape index (κ2) is 12.7. The number of nitrogens with zero attached hydrogens (tertiary/aromatic N) is 3. The smallest absolute Gasteiger partial charge is 0.337 e. The number of carboxylic acid groups (broad SMARTS) is 1. The van der Waals surface area contributed by atoms with E-state index in [1.165, 1.54) is 12.1 Å². The number of aromatic nitrogens is 2. The molecule has 3 aromatic rings. The summed E-state index contributed by atoms with van der Waals surface area (Å²) in [6.07, 6.45) is 4.67. The zero-order valence-electron chi connectivity index (χ0n) is 25.7. The van der Waals surface area contributed by atoms with Crippen molar-refractivity contribution in [3.63, 3.8) is 0 Å². The number of aryl methyl sites for hydroxylation is 1. The summed E-state index contributed by atoms with van der Waals surface area (Å²) in [6, 6.07) is 8.12. The number of halogens is 1. The monoisotopic (exact) mass is 579 g/mol. The molecule has 1 aliphatic heterocycles. The van der Waals surface area contributed by atoms with Gasteiger partial charge in [0.2, 0.25) is 0 Å². The van der Waals surface area contributed by atoms with E-state index in [0.29, 0.717) is 47.0 Å². The summed E-state index contributed by atoms with van der Waals surface area (Å²) < 4.78 is 31.0. The summed E-state index contributed by atoms with van der Waals surface area (Å²) in [5.41, 5.74) is 3.66. The van der Waals surface area contributed by atoms with Gasteiger partial charge in [-0.1, -0.05) is 26.0 Å². The number of benzene rings is 1. The maximum Gasteiger partial charge on any atom is 0.337 e. The SMILES string of the molecule is COc1cc(-c2cnc(C)c([C@H](OC(C)(C)C)C(=O)O)c2N2CCC(C)(C)CC2)ncc1OCCc1ccc(F)cc1. The number of aliphatic carboxylic acids is 1. The van der Waals surface area contributed by atoms with Crippen molar-refractivity contribution in [2.24, 2.45) is 5.41 Å². The van der Waals surface area contributed by atoms with Crippen LogP contribution in [0, 0.1) is 18.2 Å². The Morgan fingerprint density at radius 2 is 1.76 bits per heavy atom. The number of hydrogen-bond acceptors (Lipinski definition) is 7. The number of rotatable bonds is 10. The molecule has 42 heavy (non-hydrogen) atoms. The van der Waals surface area contributed by atoms with Gasteiger partial charge in [0.25, 0.3) is 0 Å². The third-order valence-electron chi connectivity index (χ3n) is 7.57. The van der Waals surface area contributed by atoms with Crippen molar-refractivity contribution in [1.29, 1.82) is 0 Å². The normalized spacial score (nSPS) is 15.8. The molecule has 2 aromatic heterocycles. The van der Waals surface area contributed by atoms with Crippen LogP contribution >= 0.6 is 0 Å². The lowest BCUT2D eigenvalue weighted by Gasteiger charge is -2.40. The van der Waals surface area contributed by atoms with Crippen molar-refractivity contribution in [3.05, 3.63) is 65.4 Å². The van der Waals surface area contributed by atoms with Crippen LogP contribution in [0.4, 0.5) is 10.1 Å². The summed E-state index contributed by atoms with van der Waals surface area (Å²) in [4.78, 5) is 24.2. The van der Waals surface area contributed by atoms with Crippen molar-refractivity contribution < 1.29 is 28.5 Å². The molecule has 1 fully saturated rings. The summed E-state index contributed by atoms with van der Waals surface area (Å²) in [5.74, 6) is -0.375. The van der Waals surface area contributed by atoms with Crippen LogP contribution in [0.1, 0.15) is 70.4 Å². The average molecular weight is 580 g/mol. The second-order valence-electron chi connectivity index (χ2n) is 12.6. The maximum absolute atomic E-state index is 13.2. The Bertz CT molecular complexity index is 1390. The van der Waals surface area contributed by atoms with Gasteiger partial charge in [-0.3, -0.25) is 9.97 Å². The number of carboxylic acids is 1. The molecule has 0 bridgehead atoms. The van der Waals surface area contributed by atoms with E-state index in [4.69, 9.17) is 19.2 Å². The van der Waals surface area contributed by atoms with Crippen molar-refractivity contribution >= 4 is 11.7 Å². The van der Waals surface area contributed by atoms with Crippen molar-refractivity contribution in [3.8, 4) is 22.8 Å². The van der Waals surface area contributed by atoms with E-state index in [-0.39, 0.29) is 11.2 Å². The largest absolute Gasteiger partial charge is 0.493 e. The first kappa shape index (κ1) is 31.2. The highest BCUT2D eigenvalue weighted by Crippen LogP contribution is 2.44. The number of piperidine rings is 1. The molecule has 1 saturated heterocycles. The van der Waals surface area contributed by atoms with Crippen LogP contribution < -0.4 is 14.4 Å². The molecule has 0 spiro atoms. The Balaban J connectivity index is 1.74. The van der Waals surface area contributed by atoms with Gasteiger partial charge in [0, 0.05) is 48.6 Å². The lowest BCUT2D eigenvalue weighted by molar-refractivity contribution is -0.160. The standard InChI is InChI=1S/C33H42FN3O5/c1-21-28(30(31(38)39)42-32(2,3)4)29(37-15-13-33(5,6)14-16-37)24(19-35-21)25-18-26(40-7)27(20-36-25)41-17-12-22-8-10-23(34)11-9-22/h8-11,18-20,30H,12-17H2,1-7H3,(H,38,39)/t30-/m0/s1. The minimum Gasteiger partial charge on any atom is -0.493 e. The van der Waals surface area contributed by atoms with Gasteiger partial charge in [-0.15, -0.1) is 0 Å². The van der Waals surface area contributed by atoms with Crippen LogP contribution in [0.3, 0.4) is 0 Å². The molecule has 1 aliphatic rings. The zero-order valence-corrected chi connectivity index (χ0v) is 25.7. The molecule has 0 radical (unpaired) electrons. The van der Waals surface area contributed by atoms with Gasteiger partial charge in [-0.2, -0.15) is 0 Å². The Labute approximate surface area is 247 Å². The summed E-state index contributed by atoms with van der Waals surface area (Å²) in [7, 11) is 1.57. The molecule has 1 N–H and O–H groups in total. The fourth-order valence-corrected chi connectivity index (χ4v) is 5.14. The van der Waals surface area contributed by atoms with Gasteiger partial charge in [-0.05, 0) is 63.6 Å². The number of anilines is 1. The number of pyridine rings is 2. The number of methoxy groups -OCH3 is 1. The Morgan fingerprint density at radius 1 is 1.10 bits per heavy atom. The Hall–Kier alpha value is -3.72. The van der Waals surface area contributed by atoms with Gasteiger partial charge in [0.05, 0.1) is 36.9 Å². The fraction of sp³-hybridized carbons (Fsp3) is 0.485. The van der Waals surface area contributed by atoms with Crippen LogP contribution in [0.5, 0.6) is 11.5 Å². The molecule has 3 heterocycles. The lowest BCUT2D eigenvalue weighted by atomic mass is 9.82. The van der Waals surface area contributed by atoms with Gasteiger partial charge in [0.1, 0.15) is 5.82 Å². The fourth-order valence-electron chi connectivity index (χ4n) is 5.14. The molecule has 4 rings (SSSR count). The Kier molecular flexibility index (Phi) is 9.40. The highest BCUT2D eigenvalue weighted by atomic mass is 19.1. The molecule has 0 amide bonds. The predicted octanol–water partition coefficient (Wildman–Crippen LogP) is 6.79. The van der Waals surface area contributed by atoms with Crippen molar-refractivity contribution in [2.75, 3.05) is 31.7 Å². The third-order valence-corrected chi connectivity index (χ3v) is 7.57. The first-order valence-corrected chi connectivity index (χ1v) is 14.3. The first-order valence-electron chi connectivity index (χ1n) is 14.3. The molecular formula is C33H42FN3O5. The van der Waals surface area contributed by atoms with E-state index in [0.717, 1.165) is 37.2 Å². The molecule has 0 unspecified atom stereocenters. The number of carbonyl (C=O) groups is 1. The minimum absolute atomic E-state index is 0.196. The van der Waals surface area contributed by atoms with E-state index in [2.05, 4.69) is 23.7 Å². The topological polar surface area (TPSA) is 94.0 Å². The Morgan fingerprint density at radius 3 is 2.36 bits per heavy atom. The van der Waals surface area contributed by atoms with Crippen molar-refractivity contribution in [2.45, 2.75) is 72.5 Å². The van der Waals surface area contributed by atoms with Gasteiger partial charge < -0.3 is 24.2 Å². The van der Waals surface area contributed by atoms with Gasteiger partial charge >= 0.3 is 5.97 Å². The third kappa shape index (κ3) is 7.56. The zero-order chi connectivity index (χ0) is 30.7. The molecule has 0 aliphatic carbocycles. The summed E-state index contributed by atoms with van der Waals surface area (Å²) >= 11 is 0. The minimum atomic E-state index is -1.21. The van der Waals surface area contributed by atoms with Crippen molar-refractivity contribution in [1.82, 2.24) is 9.97 Å². The molecule has 0 saturated carbocycles. The van der Waals surface area contributed by atoms with E-state index in [1.807, 2.05) is 27.7 Å². The molecule has 1 atom stereocenters. The van der Waals surface area contributed by atoms with Crippen LogP contribution in [-0.4, -0.2) is 53.5 Å². The molecular weight excluding hydrogens is 537 g/mol. The van der Waals surface area contributed by atoms with E-state index >= 15 is 0 Å². The summed E-state index contributed by atoms with van der Waals surface area (Å²) in [6.45, 7) is 13.8. The molecule has 1 aromatic carbocycles. The van der Waals surface area contributed by atoms with E-state index in [9.17, 15) is 14.3 Å². The van der Waals surface area contributed by atoms with E-state index in [1.54, 1.807) is 37.7 Å². The number of ether oxygens (including phenoxy) is 3.